The van der Waals surface area contributed by atoms with Gasteiger partial charge in [0, 0.05) is 10.9 Å². The lowest BCUT2D eigenvalue weighted by atomic mass is 10.1. The number of benzene rings is 3. The van der Waals surface area contributed by atoms with Crippen LogP contribution in [0.5, 0.6) is 5.75 Å². The van der Waals surface area contributed by atoms with Crippen molar-refractivity contribution in [1.29, 1.82) is 0 Å². The highest BCUT2D eigenvalue weighted by molar-refractivity contribution is 5.99. The molecule has 0 aliphatic heterocycles. The summed E-state index contributed by atoms with van der Waals surface area (Å²) in [6.45, 7) is 3.41. The van der Waals surface area contributed by atoms with Crippen LogP contribution >= 0.6 is 0 Å². The summed E-state index contributed by atoms with van der Waals surface area (Å²) in [5.41, 5.74) is 6.11. The van der Waals surface area contributed by atoms with Crippen LogP contribution in [0.1, 0.15) is 23.0 Å². The molecule has 0 saturated carbocycles. The van der Waals surface area contributed by atoms with Gasteiger partial charge in [0.05, 0.1) is 0 Å². The summed E-state index contributed by atoms with van der Waals surface area (Å²) in [5.74, 6) is -0.259. The number of carbonyl (C=O) groups excluding carboxylic acids is 2. The fraction of sp³-hybridized carbons (Fsp3) is 0.130. The molecule has 2 N–H and O–H groups in total. The van der Waals surface area contributed by atoms with Crippen molar-refractivity contribution < 1.29 is 18.7 Å². The van der Waals surface area contributed by atoms with E-state index in [2.05, 4.69) is 10.9 Å². The summed E-state index contributed by atoms with van der Waals surface area (Å²) in [5, 5.41) is 2.97. The van der Waals surface area contributed by atoms with Gasteiger partial charge in [-0.1, -0.05) is 48.5 Å². The monoisotopic (exact) mass is 388 g/mol. The van der Waals surface area contributed by atoms with E-state index in [-0.39, 0.29) is 5.76 Å². The molecule has 0 unspecified atom stereocenters. The molecule has 0 aliphatic rings. The van der Waals surface area contributed by atoms with Gasteiger partial charge >= 0.3 is 5.91 Å². The molecule has 4 aromatic rings. The molecule has 0 spiro atoms. The van der Waals surface area contributed by atoms with Crippen LogP contribution in [0.3, 0.4) is 0 Å². The maximum absolute atomic E-state index is 12.4. The number of hydrogen-bond donors (Lipinski definition) is 2. The van der Waals surface area contributed by atoms with E-state index in [4.69, 9.17) is 9.15 Å². The summed E-state index contributed by atoms with van der Waals surface area (Å²) in [4.78, 5) is 24.7. The smallest absolute Gasteiger partial charge is 0.305 e. The zero-order valence-corrected chi connectivity index (χ0v) is 16.1. The lowest BCUT2D eigenvalue weighted by molar-refractivity contribution is -0.128. The maximum Gasteiger partial charge on any atom is 0.305 e. The number of hydrogen-bond acceptors (Lipinski definition) is 4. The Morgan fingerprint density at radius 1 is 0.931 bits per heavy atom. The number of furan rings is 1. The number of nitrogens with one attached hydrogen (secondary N) is 2. The molecule has 0 bridgehead atoms. The summed E-state index contributed by atoms with van der Waals surface area (Å²) >= 11 is 0. The highest BCUT2D eigenvalue weighted by atomic mass is 16.5. The second-order valence-corrected chi connectivity index (χ2v) is 6.76. The molecular formula is C23H20N2O4. The Balaban J connectivity index is 1.39. The predicted molar refractivity (Wildman–Crippen MR) is 111 cm³/mol. The molecule has 29 heavy (non-hydrogen) atoms. The van der Waals surface area contributed by atoms with Crippen LogP contribution < -0.4 is 15.6 Å². The number of rotatable bonds is 4. The molecule has 1 atom stereocenters. The van der Waals surface area contributed by atoms with Gasteiger partial charge in [-0.2, -0.15) is 0 Å². The van der Waals surface area contributed by atoms with Crippen molar-refractivity contribution >= 4 is 33.6 Å². The third kappa shape index (κ3) is 3.78. The molecule has 6 nitrogen and oxygen atoms in total. The normalized spacial score (nSPS) is 11.9. The zero-order chi connectivity index (χ0) is 20.4. The lowest BCUT2D eigenvalue weighted by Crippen LogP contribution is -2.47. The molecule has 3 aromatic carbocycles. The highest BCUT2D eigenvalue weighted by Crippen LogP contribution is 2.24. The second-order valence-electron chi connectivity index (χ2n) is 6.76. The number of fused-ring (bicyclic) bond motifs is 2. The van der Waals surface area contributed by atoms with Crippen LogP contribution in [0.25, 0.3) is 21.7 Å². The number of amides is 2. The largest absolute Gasteiger partial charge is 0.481 e. The Labute approximate surface area is 167 Å². The van der Waals surface area contributed by atoms with Crippen molar-refractivity contribution in [3.63, 3.8) is 0 Å². The minimum absolute atomic E-state index is 0.162. The van der Waals surface area contributed by atoms with E-state index >= 15 is 0 Å². The summed E-state index contributed by atoms with van der Waals surface area (Å²) in [7, 11) is 0. The number of para-hydroxylation sites is 1. The minimum Gasteiger partial charge on any atom is -0.481 e. The zero-order valence-electron chi connectivity index (χ0n) is 16.1. The highest BCUT2D eigenvalue weighted by Gasteiger charge is 2.20. The van der Waals surface area contributed by atoms with Gasteiger partial charge in [-0.05, 0) is 42.8 Å². The van der Waals surface area contributed by atoms with Gasteiger partial charge in [0.2, 0.25) is 0 Å². The Bertz CT molecular complexity index is 1210. The van der Waals surface area contributed by atoms with E-state index in [1.165, 1.54) is 0 Å². The van der Waals surface area contributed by atoms with E-state index < -0.39 is 17.9 Å². The van der Waals surface area contributed by atoms with Crippen molar-refractivity contribution in [2.75, 3.05) is 0 Å². The van der Waals surface area contributed by atoms with E-state index in [1.807, 2.05) is 60.7 Å². The van der Waals surface area contributed by atoms with Crippen LogP contribution in [0.2, 0.25) is 0 Å². The fourth-order valence-corrected chi connectivity index (χ4v) is 3.17. The molecule has 0 aliphatic carbocycles. The van der Waals surface area contributed by atoms with Gasteiger partial charge < -0.3 is 9.15 Å². The average Bonchev–Trinajstić information content (AvgIpc) is 3.08. The topological polar surface area (TPSA) is 80.6 Å². The third-order valence-corrected chi connectivity index (χ3v) is 4.75. The van der Waals surface area contributed by atoms with E-state index in [1.54, 1.807) is 19.9 Å². The molecule has 0 saturated heterocycles. The first-order valence-corrected chi connectivity index (χ1v) is 9.27. The van der Waals surface area contributed by atoms with Gasteiger partial charge in [-0.25, -0.2) is 0 Å². The molecule has 4 rings (SSSR count). The average molecular weight is 388 g/mol. The van der Waals surface area contributed by atoms with Gasteiger partial charge in [-0.3, -0.25) is 20.4 Å². The van der Waals surface area contributed by atoms with Crippen molar-refractivity contribution in [1.82, 2.24) is 10.9 Å². The van der Waals surface area contributed by atoms with Gasteiger partial charge in [0.25, 0.3) is 5.91 Å². The standard InChI is InChI=1S/C23H20N2O4/c1-14-19-9-5-6-10-20(19)29-21(14)23(27)25-24-22(26)15(2)28-18-12-11-16-7-3-4-8-17(16)13-18/h3-13,15H,1-2H3,(H,24,26)(H,25,27)/t15-/m0/s1. The lowest BCUT2D eigenvalue weighted by Gasteiger charge is -2.15. The van der Waals surface area contributed by atoms with Crippen LogP contribution in [0.15, 0.2) is 71.1 Å². The third-order valence-electron chi connectivity index (χ3n) is 4.75. The maximum atomic E-state index is 12.4. The second kappa shape index (κ2) is 7.67. The fourth-order valence-electron chi connectivity index (χ4n) is 3.17. The summed E-state index contributed by atoms with van der Waals surface area (Å²) < 4.78 is 11.3. The Morgan fingerprint density at radius 3 is 2.45 bits per heavy atom. The van der Waals surface area contributed by atoms with Crippen LogP contribution in [-0.2, 0) is 4.79 Å². The summed E-state index contributed by atoms with van der Waals surface area (Å²) in [6.07, 6.45) is -0.798. The first-order valence-electron chi connectivity index (χ1n) is 9.27. The number of ether oxygens (including phenoxy) is 1. The quantitative estimate of drug-likeness (QED) is 0.515. The van der Waals surface area contributed by atoms with Crippen LogP contribution in [0.4, 0.5) is 0 Å². The number of hydrazine groups is 1. The van der Waals surface area contributed by atoms with Crippen molar-refractivity contribution in [3.05, 3.63) is 78.1 Å². The molecule has 0 radical (unpaired) electrons. The Morgan fingerprint density at radius 2 is 1.66 bits per heavy atom. The van der Waals surface area contributed by atoms with E-state index in [9.17, 15) is 9.59 Å². The molecule has 146 valence electrons. The van der Waals surface area contributed by atoms with E-state index in [0.717, 1.165) is 16.2 Å². The van der Waals surface area contributed by atoms with Crippen molar-refractivity contribution in [2.24, 2.45) is 0 Å². The molecule has 2 amide bonds. The van der Waals surface area contributed by atoms with Crippen LogP contribution in [-0.4, -0.2) is 17.9 Å². The minimum atomic E-state index is -0.798. The van der Waals surface area contributed by atoms with Crippen LogP contribution in [0, 0.1) is 6.92 Å². The Hall–Kier alpha value is -3.80. The van der Waals surface area contributed by atoms with Gasteiger partial charge in [0.15, 0.2) is 11.9 Å². The molecule has 0 fully saturated rings. The molecule has 1 aromatic heterocycles. The summed E-state index contributed by atoms with van der Waals surface area (Å²) in [6, 6.07) is 20.9. The van der Waals surface area contributed by atoms with Gasteiger partial charge in [-0.15, -0.1) is 0 Å². The molecular weight excluding hydrogens is 368 g/mol. The molecule has 1 heterocycles. The number of aryl methyl sites for hydroxylation is 1. The van der Waals surface area contributed by atoms with E-state index in [0.29, 0.717) is 16.9 Å². The van der Waals surface area contributed by atoms with Gasteiger partial charge in [0.1, 0.15) is 11.3 Å². The SMILES string of the molecule is Cc1c(C(=O)NNC(=O)[C@H](C)Oc2ccc3ccccc3c2)oc2ccccc12. The molecule has 6 heteroatoms. The Kier molecular flexibility index (Phi) is 4.91. The predicted octanol–water partition coefficient (Wildman–Crippen LogP) is 4.12. The first-order chi connectivity index (χ1) is 14.0. The van der Waals surface area contributed by atoms with Crippen molar-refractivity contribution in [2.45, 2.75) is 20.0 Å². The first kappa shape index (κ1) is 18.6. The number of carbonyl (C=O) groups is 2. The van der Waals surface area contributed by atoms with Crippen molar-refractivity contribution in [3.8, 4) is 5.75 Å².